The van der Waals surface area contributed by atoms with Crippen molar-refractivity contribution in [3.8, 4) is 0 Å². The minimum atomic E-state index is -0.578. The number of aliphatic hydroxyl groups is 1. The van der Waals surface area contributed by atoms with E-state index in [-0.39, 0.29) is 0 Å². The van der Waals surface area contributed by atoms with Crippen molar-refractivity contribution in [3.63, 3.8) is 0 Å². The van der Waals surface area contributed by atoms with E-state index in [1.165, 1.54) is 0 Å². The van der Waals surface area contributed by atoms with Crippen LogP contribution in [0.15, 0.2) is 50.9 Å². The van der Waals surface area contributed by atoms with Gasteiger partial charge in [0.2, 0.25) is 0 Å². The van der Waals surface area contributed by atoms with Gasteiger partial charge in [-0.05, 0) is 51.8 Å². The molecule has 0 bridgehead atoms. The van der Waals surface area contributed by atoms with Crippen LogP contribution in [0.4, 0.5) is 0 Å². The van der Waals surface area contributed by atoms with E-state index >= 15 is 0 Å². The molecule has 3 aromatic rings. The van der Waals surface area contributed by atoms with Gasteiger partial charge in [0.1, 0.15) is 11.7 Å². The molecule has 2 nitrogen and oxygen atoms in total. The van der Waals surface area contributed by atoms with Gasteiger partial charge in [0.25, 0.3) is 0 Å². The third-order valence-electron chi connectivity index (χ3n) is 2.66. The quantitative estimate of drug-likeness (QED) is 0.764. The Bertz CT molecular complexity index is 656. The van der Waals surface area contributed by atoms with E-state index in [4.69, 9.17) is 4.42 Å². The van der Waals surface area contributed by atoms with Crippen LogP contribution in [-0.2, 0) is 0 Å². The number of halogens is 1. The first-order valence-corrected chi connectivity index (χ1v) is 6.75. The van der Waals surface area contributed by atoms with Gasteiger partial charge < -0.3 is 9.52 Å². The van der Waals surface area contributed by atoms with Gasteiger partial charge in [-0.2, -0.15) is 0 Å². The van der Waals surface area contributed by atoms with E-state index < -0.39 is 6.10 Å². The second kappa shape index (κ2) is 4.29. The predicted octanol–water partition coefficient (Wildman–Crippen LogP) is 4.34. The molecule has 0 saturated heterocycles. The van der Waals surface area contributed by atoms with Gasteiger partial charge in [0, 0.05) is 10.3 Å². The van der Waals surface area contributed by atoms with E-state index in [2.05, 4.69) is 15.9 Å². The Morgan fingerprint density at radius 2 is 2.06 bits per heavy atom. The summed E-state index contributed by atoms with van der Waals surface area (Å²) in [7, 11) is 0. The molecule has 0 saturated carbocycles. The topological polar surface area (TPSA) is 33.4 Å². The minimum Gasteiger partial charge on any atom is -0.464 e. The molecule has 0 amide bonds. The first-order chi connectivity index (χ1) is 8.24. The molecule has 4 heteroatoms. The van der Waals surface area contributed by atoms with Crippen LogP contribution in [0.1, 0.15) is 16.5 Å². The van der Waals surface area contributed by atoms with Crippen LogP contribution >= 0.6 is 27.3 Å². The van der Waals surface area contributed by atoms with Crippen molar-refractivity contribution in [2.45, 2.75) is 6.10 Å². The first kappa shape index (κ1) is 11.0. The summed E-state index contributed by atoms with van der Waals surface area (Å²) >= 11 is 4.94. The zero-order chi connectivity index (χ0) is 11.8. The van der Waals surface area contributed by atoms with E-state index in [1.54, 1.807) is 17.6 Å². The normalized spacial score (nSPS) is 13.1. The monoisotopic (exact) mass is 308 g/mol. The summed E-state index contributed by atoms with van der Waals surface area (Å²) in [5, 5.41) is 11.3. The maximum absolute atomic E-state index is 10.3. The van der Waals surface area contributed by atoms with Gasteiger partial charge in [0.15, 0.2) is 0 Å². The summed E-state index contributed by atoms with van der Waals surface area (Å²) in [5.74, 6) is 0. The van der Waals surface area contributed by atoms with Crippen LogP contribution in [0.3, 0.4) is 0 Å². The molecule has 1 unspecified atom stereocenters. The summed E-state index contributed by atoms with van der Waals surface area (Å²) < 4.78 is 6.30. The molecule has 0 aliphatic heterocycles. The average molecular weight is 309 g/mol. The number of aliphatic hydroxyl groups excluding tert-OH is 1. The summed E-state index contributed by atoms with van der Waals surface area (Å²) in [4.78, 5) is 0.930. The molecule has 1 N–H and O–H groups in total. The molecule has 3 rings (SSSR count). The second-order valence-corrected chi connectivity index (χ2v) is 6.26. The Hall–Kier alpha value is -1.10. The molecule has 86 valence electrons. The lowest BCUT2D eigenvalue weighted by Crippen LogP contribution is -1.96. The molecule has 1 atom stereocenters. The number of benzene rings is 1. The van der Waals surface area contributed by atoms with Crippen molar-refractivity contribution >= 4 is 38.2 Å². The Labute approximate surface area is 111 Å². The maximum atomic E-state index is 10.3. The van der Waals surface area contributed by atoms with E-state index in [0.717, 1.165) is 25.2 Å². The van der Waals surface area contributed by atoms with Crippen LogP contribution < -0.4 is 0 Å². The van der Waals surface area contributed by atoms with Gasteiger partial charge in [-0.15, -0.1) is 11.3 Å². The molecule has 17 heavy (non-hydrogen) atoms. The molecule has 0 spiro atoms. The molecular weight excluding hydrogens is 300 g/mol. The van der Waals surface area contributed by atoms with Crippen molar-refractivity contribution in [3.05, 3.63) is 56.9 Å². The highest BCUT2D eigenvalue weighted by molar-refractivity contribution is 9.11. The molecule has 2 heterocycles. The molecule has 0 aliphatic rings. The fraction of sp³-hybridized carbons (Fsp3) is 0.0769. The van der Waals surface area contributed by atoms with E-state index in [1.807, 2.05) is 36.4 Å². The number of fused-ring (bicyclic) bond motifs is 1. The molecule has 1 aromatic carbocycles. The van der Waals surface area contributed by atoms with Crippen molar-refractivity contribution < 1.29 is 9.52 Å². The fourth-order valence-electron chi connectivity index (χ4n) is 1.79. The third kappa shape index (κ3) is 2.04. The average Bonchev–Trinajstić information content (AvgIpc) is 2.95. The molecular formula is C13H9BrO2S. The van der Waals surface area contributed by atoms with Crippen molar-refractivity contribution in [1.29, 1.82) is 0 Å². The van der Waals surface area contributed by atoms with Crippen LogP contribution in [0.5, 0.6) is 0 Å². The van der Waals surface area contributed by atoms with Crippen molar-refractivity contribution in [1.82, 2.24) is 0 Å². The van der Waals surface area contributed by atoms with E-state index in [0.29, 0.717) is 0 Å². The predicted molar refractivity (Wildman–Crippen MR) is 72.3 cm³/mol. The van der Waals surface area contributed by atoms with Crippen molar-refractivity contribution in [2.24, 2.45) is 0 Å². The lowest BCUT2D eigenvalue weighted by Gasteiger charge is -2.08. The minimum absolute atomic E-state index is 0.578. The Morgan fingerprint density at radius 1 is 1.18 bits per heavy atom. The summed E-state index contributed by atoms with van der Waals surface area (Å²) in [6.45, 7) is 0. The third-order valence-corrected chi connectivity index (χ3v) is 4.33. The van der Waals surface area contributed by atoms with Crippen molar-refractivity contribution in [2.75, 3.05) is 0 Å². The first-order valence-electron chi connectivity index (χ1n) is 5.14. The van der Waals surface area contributed by atoms with Crippen LogP contribution in [0.25, 0.3) is 11.0 Å². The lowest BCUT2D eigenvalue weighted by molar-refractivity contribution is 0.224. The number of rotatable bonds is 2. The summed E-state index contributed by atoms with van der Waals surface area (Å²) in [5.41, 5.74) is 1.72. The van der Waals surface area contributed by atoms with Crippen LogP contribution in [0, 0.1) is 0 Å². The molecule has 0 fully saturated rings. The van der Waals surface area contributed by atoms with E-state index in [9.17, 15) is 5.11 Å². The van der Waals surface area contributed by atoms with Gasteiger partial charge >= 0.3 is 0 Å². The molecule has 0 aliphatic carbocycles. The maximum Gasteiger partial charge on any atom is 0.133 e. The van der Waals surface area contributed by atoms with Crippen LogP contribution in [-0.4, -0.2) is 5.11 Å². The molecule has 2 aromatic heterocycles. The number of thiophene rings is 1. The standard InChI is InChI=1S/C13H9BrO2S/c14-12-4-3-11(17-12)13(15)9-1-2-10-8(7-9)5-6-16-10/h1-7,13,15H. The number of furan rings is 1. The fourth-order valence-corrected chi connectivity index (χ4v) is 3.23. The summed E-state index contributed by atoms with van der Waals surface area (Å²) in [6.07, 6.45) is 1.08. The molecule has 0 radical (unpaired) electrons. The highest BCUT2D eigenvalue weighted by Crippen LogP contribution is 2.32. The smallest absolute Gasteiger partial charge is 0.133 e. The van der Waals surface area contributed by atoms with Gasteiger partial charge in [-0.1, -0.05) is 6.07 Å². The van der Waals surface area contributed by atoms with Gasteiger partial charge in [0.05, 0.1) is 10.0 Å². The Kier molecular flexibility index (Phi) is 2.78. The zero-order valence-corrected chi connectivity index (χ0v) is 11.2. The number of hydrogen-bond donors (Lipinski definition) is 1. The lowest BCUT2D eigenvalue weighted by atomic mass is 10.1. The summed E-state index contributed by atoms with van der Waals surface area (Å²) in [6, 6.07) is 11.5. The van der Waals surface area contributed by atoms with Gasteiger partial charge in [-0.25, -0.2) is 0 Å². The number of hydrogen-bond acceptors (Lipinski definition) is 3. The highest BCUT2D eigenvalue weighted by Gasteiger charge is 2.13. The largest absolute Gasteiger partial charge is 0.464 e. The zero-order valence-electron chi connectivity index (χ0n) is 8.76. The second-order valence-electron chi connectivity index (χ2n) is 3.76. The van der Waals surface area contributed by atoms with Gasteiger partial charge in [-0.3, -0.25) is 0 Å². The Morgan fingerprint density at radius 3 is 2.82 bits per heavy atom. The SMILES string of the molecule is OC(c1ccc2occc2c1)c1ccc(Br)s1. The Balaban J connectivity index is 2.02. The van der Waals surface area contributed by atoms with Crippen LogP contribution in [0.2, 0.25) is 0 Å². The highest BCUT2D eigenvalue weighted by atomic mass is 79.9.